The molecule has 0 radical (unpaired) electrons. The van der Waals surface area contributed by atoms with Gasteiger partial charge < -0.3 is 39.9 Å². The van der Waals surface area contributed by atoms with E-state index in [0.29, 0.717) is 0 Å². The first-order chi connectivity index (χ1) is 7.93. The second kappa shape index (κ2) is 28.0. The van der Waals surface area contributed by atoms with Crippen LogP contribution in [0.15, 0.2) is 36.5 Å². The van der Waals surface area contributed by atoms with Crippen molar-refractivity contribution in [3.8, 4) is 0 Å². The van der Waals surface area contributed by atoms with Gasteiger partial charge in [-0.2, -0.15) is 0 Å². The second-order valence-electron chi connectivity index (χ2n) is 3.26. The van der Waals surface area contributed by atoms with Gasteiger partial charge in [-0.3, -0.25) is 0 Å². The van der Waals surface area contributed by atoms with Crippen molar-refractivity contribution in [3.63, 3.8) is 0 Å². The fourth-order valence-corrected chi connectivity index (χ4v) is 0. The maximum atomic E-state index is 9.60. The summed E-state index contributed by atoms with van der Waals surface area (Å²) in [4.78, 5) is 28.8. The molecule has 0 aliphatic carbocycles. The van der Waals surface area contributed by atoms with Crippen LogP contribution in [-0.2, 0) is 14.4 Å². The summed E-state index contributed by atoms with van der Waals surface area (Å²) in [5.41, 5.74) is 0.528. The van der Waals surface area contributed by atoms with Gasteiger partial charge in [0.25, 0.3) is 0 Å². The largest absolute Gasteiger partial charge is 0.478 e. The number of halogens is 1. The van der Waals surface area contributed by atoms with Crippen molar-refractivity contribution < 1.29 is 29.7 Å². The van der Waals surface area contributed by atoms with Gasteiger partial charge >= 0.3 is 17.9 Å². The molecule has 0 aliphatic rings. The Morgan fingerprint density at radius 3 is 0.609 bits per heavy atom. The van der Waals surface area contributed by atoms with Gasteiger partial charge in [-0.05, 0) is 20.8 Å². The van der Waals surface area contributed by atoms with Crippen molar-refractivity contribution in [2.45, 2.75) is 20.8 Å². The SMILES string of the molecule is C=C(C)C(=O)O.C=C(C)C(=O)O.C=C(C)C(=O)O.Cl.N.N.N.N. The van der Waals surface area contributed by atoms with Crippen molar-refractivity contribution in [3.05, 3.63) is 36.5 Å². The van der Waals surface area contributed by atoms with Crippen molar-refractivity contribution in [1.82, 2.24) is 24.6 Å². The van der Waals surface area contributed by atoms with Crippen LogP contribution in [0.5, 0.6) is 0 Å². The van der Waals surface area contributed by atoms with Crippen molar-refractivity contribution >= 4 is 30.3 Å². The first-order valence-corrected chi connectivity index (χ1v) is 4.59. The van der Waals surface area contributed by atoms with E-state index in [1.54, 1.807) is 0 Å². The Hall–Kier alpha value is -2.24. The molecule has 0 atom stereocenters. The lowest BCUT2D eigenvalue weighted by Gasteiger charge is -1.79. The number of carbonyl (C=O) groups is 3. The molecular weight excluding hydrogens is 332 g/mol. The van der Waals surface area contributed by atoms with E-state index in [1.807, 2.05) is 0 Å². The summed E-state index contributed by atoms with van der Waals surface area (Å²) in [6, 6.07) is 0. The number of hydrogen-bond donors (Lipinski definition) is 7. The summed E-state index contributed by atoms with van der Waals surface area (Å²) in [5.74, 6) is -2.81. The van der Waals surface area contributed by atoms with E-state index in [1.165, 1.54) is 20.8 Å². The summed E-state index contributed by atoms with van der Waals surface area (Å²) in [7, 11) is 0. The maximum Gasteiger partial charge on any atom is 0.330 e. The molecular formula is C12H31ClN4O6. The van der Waals surface area contributed by atoms with Gasteiger partial charge in [-0.25, -0.2) is 14.4 Å². The van der Waals surface area contributed by atoms with E-state index in [9.17, 15) is 14.4 Å². The van der Waals surface area contributed by atoms with Crippen LogP contribution in [0.4, 0.5) is 0 Å². The molecule has 0 amide bonds. The van der Waals surface area contributed by atoms with Crippen LogP contribution in [0.3, 0.4) is 0 Å². The van der Waals surface area contributed by atoms with Crippen LogP contribution >= 0.6 is 12.4 Å². The third kappa shape index (κ3) is 65.4. The van der Waals surface area contributed by atoms with E-state index in [-0.39, 0.29) is 53.7 Å². The van der Waals surface area contributed by atoms with Crippen LogP contribution in [0.2, 0.25) is 0 Å². The number of hydrogen-bond acceptors (Lipinski definition) is 7. The summed E-state index contributed by atoms with van der Waals surface area (Å²) in [5, 5.41) is 23.7. The van der Waals surface area contributed by atoms with Crippen molar-refractivity contribution in [2.24, 2.45) is 0 Å². The highest BCUT2D eigenvalue weighted by molar-refractivity contribution is 5.86. The summed E-state index contributed by atoms with van der Waals surface area (Å²) >= 11 is 0. The Bertz CT molecular complexity index is 293. The second-order valence-corrected chi connectivity index (χ2v) is 3.26. The molecule has 0 heterocycles. The van der Waals surface area contributed by atoms with Crippen LogP contribution in [0.25, 0.3) is 0 Å². The van der Waals surface area contributed by atoms with E-state index in [2.05, 4.69) is 19.7 Å². The molecule has 0 aromatic carbocycles. The van der Waals surface area contributed by atoms with Crippen LogP contribution in [-0.4, -0.2) is 33.2 Å². The van der Waals surface area contributed by atoms with Crippen molar-refractivity contribution in [2.75, 3.05) is 0 Å². The molecule has 142 valence electrons. The van der Waals surface area contributed by atoms with E-state index in [4.69, 9.17) is 15.3 Å². The van der Waals surface area contributed by atoms with E-state index < -0.39 is 17.9 Å². The number of aliphatic carboxylic acids is 3. The predicted octanol–water partition coefficient (Wildman–Crippen LogP) is 3.01. The lowest BCUT2D eigenvalue weighted by Crippen LogP contribution is -1.92. The fraction of sp³-hybridized carbons (Fsp3) is 0.250. The quantitative estimate of drug-likeness (QED) is 0.361. The van der Waals surface area contributed by atoms with Gasteiger partial charge in [0.05, 0.1) is 0 Å². The molecule has 0 bridgehead atoms. The van der Waals surface area contributed by atoms with E-state index >= 15 is 0 Å². The average molecular weight is 363 g/mol. The zero-order valence-electron chi connectivity index (χ0n) is 13.9. The molecule has 0 fully saturated rings. The summed E-state index contributed by atoms with van der Waals surface area (Å²) in [6.45, 7) is 13.8. The highest BCUT2D eigenvalue weighted by atomic mass is 35.5. The first-order valence-electron chi connectivity index (χ1n) is 4.59. The topological polar surface area (TPSA) is 252 Å². The molecule has 15 N–H and O–H groups in total. The van der Waals surface area contributed by atoms with E-state index in [0.717, 1.165) is 0 Å². The highest BCUT2D eigenvalue weighted by Gasteiger charge is 1.91. The van der Waals surface area contributed by atoms with Gasteiger partial charge in [0.15, 0.2) is 0 Å². The van der Waals surface area contributed by atoms with Crippen LogP contribution < -0.4 is 24.6 Å². The standard InChI is InChI=1S/3C4H6O2.ClH.4H3N/c3*1-3(2)4(5)6;;;;;/h3*1H2,2H3,(H,5,6);1H;4*1H3. The monoisotopic (exact) mass is 362 g/mol. The minimum absolute atomic E-state index is 0. The molecule has 0 aliphatic heterocycles. The molecule has 0 saturated heterocycles. The molecule has 10 nitrogen and oxygen atoms in total. The Kier molecular flexibility index (Phi) is 60.6. The predicted molar refractivity (Wildman–Crippen MR) is 94.7 cm³/mol. The number of rotatable bonds is 3. The van der Waals surface area contributed by atoms with Crippen molar-refractivity contribution in [1.29, 1.82) is 0 Å². The molecule has 11 heteroatoms. The molecule has 0 aromatic heterocycles. The molecule has 0 aromatic rings. The summed E-state index contributed by atoms with van der Waals surface area (Å²) < 4.78 is 0. The number of carboxylic acid groups (broad SMARTS) is 3. The van der Waals surface area contributed by atoms with Gasteiger partial charge in [0.2, 0.25) is 0 Å². The molecule has 0 rings (SSSR count). The smallest absolute Gasteiger partial charge is 0.330 e. The Balaban J connectivity index is -0.0000000221. The third-order valence-corrected chi connectivity index (χ3v) is 1.10. The van der Waals surface area contributed by atoms with Gasteiger partial charge in [0, 0.05) is 16.7 Å². The minimum atomic E-state index is -0.935. The molecule has 23 heavy (non-hydrogen) atoms. The van der Waals surface area contributed by atoms with Crippen LogP contribution in [0.1, 0.15) is 20.8 Å². The molecule has 0 saturated carbocycles. The average Bonchev–Trinajstić information content (AvgIpc) is 2.18. The highest BCUT2D eigenvalue weighted by Crippen LogP contribution is 1.82. The first kappa shape index (κ1) is 49.8. The van der Waals surface area contributed by atoms with Gasteiger partial charge in [-0.1, -0.05) is 19.7 Å². The minimum Gasteiger partial charge on any atom is -0.478 e. The Labute approximate surface area is 142 Å². The Morgan fingerprint density at radius 1 is 0.565 bits per heavy atom. The normalized spacial score (nSPS) is 5.87. The molecule has 0 unspecified atom stereocenters. The zero-order chi connectivity index (χ0) is 15.5. The maximum absolute atomic E-state index is 9.60. The van der Waals surface area contributed by atoms with Gasteiger partial charge in [-0.15, -0.1) is 12.4 Å². The third-order valence-electron chi connectivity index (χ3n) is 1.10. The molecule has 0 spiro atoms. The fourth-order valence-electron chi connectivity index (χ4n) is 0. The lowest BCUT2D eigenvalue weighted by molar-refractivity contribution is -0.133. The zero-order valence-corrected chi connectivity index (χ0v) is 14.7. The van der Waals surface area contributed by atoms with Crippen LogP contribution in [0, 0.1) is 0 Å². The number of carboxylic acids is 3. The lowest BCUT2D eigenvalue weighted by atomic mass is 10.4. The van der Waals surface area contributed by atoms with Gasteiger partial charge in [0.1, 0.15) is 0 Å². The summed E-state index contributed by atoms with van der Waals surface area (Å²) in [6.07, 6.45) is 0. The Morgan fingerprint density at radius 2 is 0.609 bits per heavy atom.